The minimum Gasteiger partial charge on any atom is -0.300 e. The molecule has 0 unspecified atom stereocenters. The Balaban J connectivity index is 2.82. The molecule has 0 aliphatic rings. The molecule has 0 bridgehead atoms. The van der Waals surface area contributed by atoms with Crippen molar-refractivity contribution in [1.29, 1.82) is 0 Å². The van der Waals surface area contributed by atoms with Crippen LogP contribution in [0.1, 0.15) is 19.8 Å². The summed E-state index contributed by atoms with van der Waals surface area (Å²) in [5, 5.41) is 1.52. The first-order chi connectivity index (χ1) is 7.59. The van der Waals surface area contributed by atoms with E-state index in [1.54, 1.807) is 6.08 Å². The third-order valence-corrected chi connectivity index (χ3v) is 6.01. The van der Waals surface area contributed by atoms with Crippen LogP contribution < -0.4 is 5.19 Å². The zero-order chi connectivity index (χ0) is 12.0. The predicted octanol–water partition coefficient (Wildman–Crippen LogP) is 3.07. The first-order valence-corrected chi connectivity index (χ1v) is 8.85. The van der Waals surface area contributed by atoms with Gasteiger partial charge in [-0.1, -0.05) is 68.0 Å². The smallest absolute Gasteiger partial charge is 0.162 e. The maximum atomic E-state index is 12.1. The van der Waals surface area contributed by atoms with Gasteiger partial charge < -0.3 is 4.79 Å². The molecular formula is C14H20OSi. The number of carbonyl (C=O) groups is 1. The van der Waals surface area contributed by atoms with Gasteiger partial charge in [0.05, 0.1) is 0 Å². The largest absolute Gasteiger partial charge is 0.300 e. The van der Waals surface area contributed by atoms with Crippen LogP contribution in [0.5, 0.6) is 0 Å². The van der Waals surface area contributed by atoms with Gasteiger partial charge in [-0.15, -0.1) is 0 Å². The second kappa shape index (κ2) is 5.80. The fourth-order valence-corrected chi connectivity index (χ4v) is 3.41. The van der Waals surface area contributed by atoms with Gasteiger partial charge in [-0.25, -0.2) is 0 Å². The van der Waals surface area contributed by atoms with Gasteiger partial charge in [-0.05, 0) is 12.5 Å². The van der Waals surface area contributed by atoms with E-state index in [0.29, 0.717) is 5.41 Å². The van der Waals surface area contributed by atoms with Crippen LogP contribution >= 0.6 is 0 Å². The summed E-state index contributed by atoms with van der Waals surface area (Å²) in [5.41, 5.74) is 0. The minimum atomic E-state index is -1.96. The molecule has 1 nitrogen and oxygen atoms in total. The normalized spacial score (nSPS) is 11.9. The van der Waals surface area contributed by atoms with Crippen molar-refractivity contribution in [2.24, 2.45) is 0 Å². The Kier molecular flexibility index (Phi) is 4.68. The van der Waals surface area contributed by atoms with Crippen LogP contribution in [0.25, 0.3) is 0 Å². The molecule has 0 aromatic heterocycles. The van der Waals surface area contributed by atoms with E-state index in [1.165, 1.54) is 5.19 Å². The lowest BCUT2D eigenvalue weighted by Gasteiger charge is -2.18. The van der Waals surface area contributed by atoms with Crippen LogP contribution in [0.4, 0.5) is 0 Å². The van der Waals surface area contributed by atoms with E-state index in [2.05, 4.69) is 32.2 Å². The summed E-state index contributed by atoms with van der Waals surface area (Å²) in [6.07, 6.45) is 5.87. The Morgan fingerprint density at radius 1 is 1.25 bits per heavy atom. The Bertz CT molecular complexity index is 366. The number of benzene rings is 1. The van der Waals surface area contributed by atoms with E-state index >= 15 is 0 Å². The lowest BCUT2D eigenvalue weighted by atomic mass is 10.3. The highest BCUT2D eigenvalue weighted by Crippen LogP contribution is 2.06. The molecule has 0 radical (unpaired) electrons. The second-order valence-electron chi connectivity index (χ2n) is 4.55. The van der Waals surface area contributed by atoms with Crippen molar-refractivity contribution in [3.8, 4) is 0 Å². The molecule has 0 saturated heterocycles. The standard InChI is InChI=1S/C14H20OSi/c1-4-5-7-12-14(15)16(2,3)13-10-8-6-9-11-13/h6-12H,4-5H2,1-3H3/b12-7+. The van der Waals surface area contributed by atoms with Gasteiger partial charge in [0.2, 0.25) is 0 Å². The Morgan fingerprint density at radius 3 is 2.44 bits per heavy atom. The molecule has 1 aromatic rings. The summed E-state index contributed by atoms with van der Waals surface area (Å²) >= 11 is 0. The SMILES string of the molecule is CCC/C=C/C(=O)[Si](C)(C)c1ccccc1. The van der Waals surface area contributed by atoms with Crippen molar-refractivity contribution in [3.05, 3.63) is 42.5 Å². The molecule has 16 heavy (non-hydrogen) atoms. The van der Waals surface area contributed by atoms with E-state index < -0.39 is 8.07 Å². The fourth-order valence-electron chi connectivity index (χ4n) is 1.56. The van der Waals surface area contributed by atoms with Crippen molar-refractivity contribution in [2.75, 3.05) is 0 Å². The topological polar surface area (TPSA) is 17.1 Å². The molecule has 1 aromatic carbocycles. The Hall–Kier alpha value is -1.15. The summed E-state index contributed by atoms with van der Waals surface area (Å²) in [6, 6.07) is 10.1. The number of allylic oxidation sites excluding steroid dienone is 2. The third kappa shape index (κ3) is 3.17. The molecule has 86 valence electrons. The lowest BCUT2D eigenvalue weighted by molar-refractivity contribution is -0.108. The number of rotatable bonds is 5. The average molecular weight is 232 g/mol. The monoisotopic (exact) mass is 232 g/mol. The Labute approximate surface area is 99.2 Å². The number of carbonyl (C=O) groups excluding carboxylic acids is 1. The zero-order valence-electron chi connectivity index (χ0n) is 10.4. The molecule has 0 atom stereocenters. The molecule has 0 amide bonds. The van der Waals surface area contributed by atoms with E-state index in [9.17, 15) is 4.79 Å². The van der Waals surface area contributed by atoms with Crippen LogP contribution in [0, 0.1) is 0 Å². The number of hydrogen-bond donors (Lipinski definition) is 0. The minimum absolute atomic E-state index is 0.312. The molecule has 0 heterocycles. The van der Waals surface area contributed by atoms with Gasteiger partial charge in [0.1, 0.15) is 5.41 Å². The summed E-state index contributed by atoms with van der Waals surface area (Å²) in [5.74, 6) is 0. The van der Waals surface area contributed by atoms with E-state index in [-0.39, 0.29) is 0 Å². The molecule has 0 aliphatic carbocycles. The van der Waals surface area contributed by atoms with E-state index in [4.69, 9.17) is 0 Å². The predicted molar refractivity (Wildman–Crippen MR) is 72.6 cm³/mol. The molecule has 0 saturated carbocycles. The first-order valence-electron chi connectivity index (χ1n) is 5.85. The van der Waals surface area contributed by atoms with Gasteiger partial charge in [-0.2, -0.15) is 0 Å². The van der Waals surface area contributed by atoms with Gasteiger partial charge >= 0.3 is 0 Å². The van der Waals surface area contributed by atoms with Gasteiger partial charge in [0, 0.05) is 0 Å². The summed E-state index contributed by atoms with van der Waals surface area (Å²) in [4.78, 5) is 12.1. The van der Waals surface area contributed by atoms with Crippen LogP contribution in [0.3, 0.4) is 0 Å². The average Bonchev–Trinajstić information content (AvgIpc) is 2.30. The lowest BCUT2D eigenvalue weighted by Crippen LogP contribution is -2.48. The van der Waals surface area contributed by atoms with Gasteiger partial charge in [0.15, 0.2) is 8.07 Å². The van der Waals surface area contributed by atoms with Crippen LogP contribution in [0.2, 0.25) is 13.1 Å². The third-order valence-electron chi connectivity index (χ3n) is 2.84. The molecule has 2 heteroatoms. The van der Waals surface area contributed by atoms with Crippen LogP contribution in [-0.4, -0.2) is 13.5 Å². The molecule has 1 rings (SSSR count). The highest BCUT2D eigenvalue weighted by atomic mass is 28.3. The summed E-state index contributed by atoms with van der Waals surface area (Å²) in [7, 11) is -1.96. The highest BCUT2D eigenvalue weighted by Gasteiger charge is 2.30. The number of unbranched alkanes of at least 4 members (excludes halogenated alkanes) is 1. The van der Waals surface area contributed by atoms with Crippen molar-refractivity contribution < 1.29 is 4.79 Å². The molecule has 0 fully saturated rings. The maximum absolute atomic E-state index is 12.1. The van der Waals surface area contributed by atoms with Gasteiger partial charge in [0.25, 0.3) is 0 Å². The zero-order valence-corrected chi connectivity index (χ0v) is 11.4. The van der Waals surface area contributed by atoms with E-state index in [1.807, 2.05) is 24.3 Å². The first kappa shape index (κ1) is 12.9. The fraction of sp³-hybridized carbons (Fsp3) is 0.357. The quantitative estimate of drug-likeness (QED) is 0.563. The van der Waals surface area contributed by atoms with Crippen molar-refractivity contribution in [3.63, 3.8) is 0 Å². The maximum Gasteiger partial charge on any atom is 0.162 e. The highest BCUT2D eigenvalue weighted by molar-refractivity contribution is 7.14. The van der Waals surface area contributed by atoms with Crippen molar-refractivity contribution >= 4 is 18.7 Å². The number of hydrogen-bond acceptors (Lipinski definition) is 1. The second-order valence-corrected chi connectivity index (χ2v) is 8.87. The van der Waals surface area contributed by atoms with E-state index in [0.717, 1.165) is 12.8 Å². The van der Waals surface area contributed by atoms with Crippen LogP contribution in [-0.2, 0) is 4.79 Å². The molecule has 0 N–H and O–H groups in total. The van der Waals surface area contributed by atoms with Crippen LogP contribution in [0.15, 0.2) is 42.5 Å². The van der Waals surface area contributed by atoms with Crippen molar-refractivity contribution in [2.45, 2.75) is 32.9 Å². The van der Waals surface area contributed by atoms with Gasteiger partial charge in [-0.3, -0.25) is 0 Å². The summed E-state index contributed by atoms with van der Waals surface area (Å²) in [6.45, 7) is 6.34. The molecule has 0 spiro atoms. The van der Waals surface area contributed by atoms with Crippen molar-refractivity contribution in [1.82, 2.24) is 0 Å². The molecule has 0 aliphatic heterocycles. The Morgan fingerprint density at radius 2 is 1.88 bits per heavy atom. The molecular weight excluding hydrogens is 212 g/mol. The summed E-state index contributed by atoms with van der Waals surface area (Å²) < 4.78 is 0.